The topological polar surface area (TPSA) is 59.6 Å². The lowest BCUT2D eigenvalue weighted by Crippen LogP contribution is -2.39. The van der Waals surface area contributed by atoms with Gasteiger partial charge in [0.05, 0.1) is 19.3 Å². The van der Waals surface area contributed by atoms with E-state index in [0.717, 1.165) is 6.54 Å². The van der Waals surface area contributed by atoms with Crippen LogP contribution in [0.15, 0.2) is 0 Å². The standard InChI is InChI=1S/C7H14N2O3.ClH/c1-11-5-3-6(8-4-5)7(10)9-12-2;/h5-6,8H,3-4H2,1-2H3,(H,9,10);1H/t5-,6+;/m0./s1. The van der Waals surface area contributed by atoms with Gasteiger partial charge in [0.2, 0.25) is 0 Å². The summed E-state index contributed by atoms with van der Waals surface area (Å²) in [6.45, 7) is 0.721. The van der Waals surface area contributed by atoms with Crippen LogP contribution >= 0.6 is 12.4 Å². The molecule has 0 saturated carbocycles. The van der Waals surface area contributed by atoms with E-state index < -0.39 is 0 Å². The second kappa shape index (κ2) is 6.15. The Kier molecular flexibility index (Phi) is 5.98. The van der Waals surface area contributed by atoms with Gasteiger partial charge in [-0.1, -0.05) is 0 Å². The molecule has 1 saturated heterocycles. The van der Waals surface area contributed by atoms with Crippen molar-refractivity contribution in [1.82, 2.24) is 10.8 Å². The molecule has 1 aliphatic heterocycles. The number of carbonyl (C=O) groups excluding carboxylic acids is 1. The molecule has 1 amide bonds. The summed E-state index contributed by atoms with van der Waals surface area (Å²) in [5.41, 5.74) is 2.28. The van der Waals surface area contributed by atoms with Crippen LogP contribution in [0.1, 0.15) is 6.42 Å². The van der Waals surface area contributed by atoms with E-state index in [9.17, 15) is 4.79 Å². The van der Waals surface area contributed by atoms with E-state index in [4.69, 9.17) is 4.74 Å². The largest absolute Gasteiger partial charge is 0.380 e. The van der Waals surface area contributed by atoms with Gasteiger partial charge in [-0.15, -0.1) is 12.4 Å². The van der Waals surface area contributed by atoms with E-state index in [-0.39, 0.29) is 30.5 Å². The minimum atomic E-state index is -0.185. The van der Waals surface area contributed by atoms with Crippen molar-refractivity contribution in [3.05, 3.63) is 0 Å². The number of hydrogen-bond acceptors (Lipinski definition) is 4. The summed E-state index contributed by atoms with van der Waals surface area (Å²) in [6.07, 6.45) is 0.837. The van der Waals surface area contributed by atoms with Gasteiger partial charge in [-0.05, 0) is 6.42 Å². The fourth-order valence-corrected chi connectivity index (χ4v) is 1.25. The first kappa shape index (κ1) is 12.6. The van der Waals surface area contributed by atoms with Gasteiger partial charge in [0, 0.05) is 13.7 Å². The van der Waals surface area contributed by atoms with Crippen molar-refractivity contribution in [1.29, 1.82) is 0 Å². The van der Waals surface area contributed by atoms with Crippen molar-refractivity contribution >= 4 is 18.3 Å². The molecule has 1 rings (SSSR count). The van der Waals surface area contributed by atoms with Gasteiger partial charge in [0.1, 0.15) is 0 Å². The van der Waals surface area contributed by atoms with Crippen LogP contribution in [0.25, 0.3) is 0 Å². The Morgan fingerprint density at radius 2 is 2.23 bits per heavy atom. The average molecular weight is 211 g/mol. The predicted molar refractivity (Wildman–Crippen MR) is 49.6 cm³/mol. The first-order valence-electron chi connectivity index (χ1n) is 3.87. The molecule has 1 heterocycles. The highest BCUT2D eigenvalue weighted by molar-refractivity contribution is 5.85. The molecule has 0 radical (unpaired) electrons. The molecule has 0 unspecified atom stereocenters. The van der Waals surface area contributed by atoms with Crippen molar-refractivity contribution < 1.29 is 14.4 Å². The number of amides is 1. The SMILES string of the molecule is CONC(=O)[C@H]1C[C@H](OC)CN1.Cl. The van der Waals surface area contributed by atoms with Crippen LogP contribution in [0.4, 0.5) is 0 Å². The Morgan fingerprint density at radius 1 is 1.54 bits per heavy atom. The lowest BCUT2D eigenvalue weighted by Gasteiger charge is -2.08. The third-order valence-corrected chi connectivity index (χ3v) is 1.94. The van der Waals surface area contributed by atoms with Crippen LogP contribution in [0.3, 0.4) is 0 Å². The van der Waals surface area contributed by atoms with E-state index in [2.05, 4.69) is 15.6 Å². The molecule has 0 aromatic rings. The quantitative estimate of drug-likeness (QED) is 0.615. The molecule has 0 aliphatic carbocycles. The van der Waals surface area contributed by atoms with Crippen LogP contribution in [0, 0.1) is 0 Å². The lowest BCUT2D eigenvalue weighted by atomic mass is 10.2. The molecule has 1 aliphatic rings. The minimum Gasteiger partial charge on any atom is -0.380 e. The first-order chi connectivity index (χ1) is 5.77. The van der Waals surface area contributed by atoms with Crippen molar-refractivity contribution in [2.75, 3.05) is 20.8 Å². The molecule has 2 atom stereocenters. The molecule has 78 valence electrons. The highest BCUT2D eigenvalue weighted by Gasteiger charge is 2.29. The summed E-state index contributed by atoms with van der Waals surface area (Å²) < 4.78 is 5.09. The van der Waals surface area contributed by atoms with Gasteiger partial charge >= 0.3 is 0 Å². The van der Waals surface area contributed by atoms with Gasteiger partial charge in [-0.25, -0.2) is 5.48 Å². The molecule has 0 aromatic carbocycles. The Hall–Kier alpha value is -0.360. The predicted octanol–water partition coefficient (Wildman–Crippen LogP) is -0.537. The zero-order valence-corrected chi connectivity index (χ0v) is 8.52. The fraction of sp³-hybridized carbons (Fsp3) is 0.857. The van der Waals surface area contributed by atoms with E-state index >= 15 is 0 Å². The van der Waals surface area contributed by atoms with Crippen molar-refractivity contribution in [2.24, 2.45) is 0 Å². The summed E-state index contributed by atoms with van der Waals surface area (Å²) in [7, 11) is 3.06. The van der Waals surface area contributed by atoms with Crippen LogP contribution in [0.5, 0.6) is 0 Å². The minimum absolute atomic E-state index is 0. The maximum atomic E-state index is 11.2. The van der Waals surface area contributed by atoms with Crippen LogP contribution in [-0.2, 0) is 14.4 Å². The number of hydrogen-bond donors (Lipinski definition) is 2. The monoisotopic (exact) mass is 210 g/mol. The molecule has 1 fully saturated rings. The van der Waals surface area contributed by atoms with Crippen LogP contribution < -0.4 is 10.8 Å². The highest BCUT2D eigenvalue weighted by atomic mass is 35.5. The third kappa shape index (κ3) is 3.48. The van der Waals surface area contributed by atoms with Crippen LogP contribution in [-0.4, -0.2) is 38.8 Å². The van der Waals surface area contributed by atoms with E-state index in [1.54, 1.807) is 7.11 Å². The number of hydroxylamine groups is 1. The van der Waals surface area contributed by atoms with Gasteiger partial charge in [0.25, 0.3) is 5.91 Å². The van der Waals surface area contributed by atoms with Crippen molar-refractivity contribution in [3.63, 3.8) is 0 Å². The molecule has 6 heteroatoms. The number of ether oxygens (including phenoxy) is 1. The maximum Gasteiger partial charge on any atom is 0.260 e. The van der Waals surface area contributed by atoms with Gasteiger partial charge in [-0.2, -0.15) is 0 Å². The summed E-state index contributed by atoms with van der Waals surface area (Å²) in [4.78, 5) is 15.7. The molecule has 0 aromatic heterocycles. The van der Waals surface area contributed by atoms with Gasteiger partial charge in [0.15, 0.2) is 0 Å². The molecule has 5 nitrogen and oxygen atoms in total. The molecule has 2 N–H and O–H groups in total. The smallest absolute Gasteiger partial charge is 0.260 e. The second-order valence-electron chi connectivity index (χ2n) is 2.72. The summed E-state index contributed by atoms with van der Waals surface area (Å²) in [6, 6.07) is -0.185. The molecule has 0 bridgehead atoms. The zero-order valence-electron chi connectivity index (χ0n) is 7.70. The van der Waals surface area contributed by atoms with Crippen molar-refractivity contribution in [2.45, 2.75) is 18.6 Å². The summed E-state index contributed by atoms with van der Waals surface area (Å²) in [5, 5.41) is 3.03. The van der Waals surface area contributed by atoms with E-state index in [1.807, 2.05) is 0 Å². The Bertz CT molecular complexity index is 168. The Balaban J connectivity index is 0.00000144. The van der Waals surface area contributed by atoms with Gasteiger partial charge in [-0.3, -0.25) is 9.63 Å². The second-order valence-corrected chi connectivity index (χ2v) is 2.72. The normalized spacial score (nSPS) is 26.6. The van der Waals surface area contributed by atoms with Crippen LogP contribution in [0.2, 0.25) is 0 Å². The van der Waals surface area contributed by atoms with Gasteiger partial charge < -0.3 is 10.1 Å². The first-order valence-corrected chi connectivity index (χ1v) is 3.87. The van der Waals surface area contributed by atoms with E-state index in [1.165, 1.54) is 7.11 Å². The van der Waals surface area contributed by atoms with E-state index in [0.29, 0.717) is 6.42 Å². The Morgan fingerprint density at radius 3 is 2.69 bits per heavy atom. The molecule has 0 spiro atoms. The summed E-state index contributed by atoms with van der Waals surface area (Å²) >= 11 is 0. The Labute approximate surface area is 83.5 Å². The number of nitrogens with one attached hydrogen (secondary N) is 2. The number of halogens is 1. The fourth-order valence-electron chi connectivity index (χ4n) is 1.25. The number of methoxy groups -OCH3 is 1. The zero-order chi connectivity index (χ0) is 8.97. The molecular formula is C7H15ClN2O3. The summed E-state index contributed by atoms with van der Waals surface area (Å²) in [5.74, 6) is -0.142. The number of carbonyl (C=O) groups is 1. The molecular weight excluding hydrogens is 196 g/mol. The van der Waals surface area contributed by atoms with Crippen molar-refractivity contribution in [3.8, 4) is 0 Å². The maximum absolute atomic E-state index is 11.2. The third-order valence-electron chi connectivity index (χ3n) is 1.94. The molecule has 13 heavy (non-hydrogen) atoms. The lowest BCUT2D eigenvalue weighted by molar-refractivity contribution is -0.133. The average Bonchev–Trinajstić information content (AvgIpc) is 2.52. The highest BCUT2D eigenvalue weighted by Crippen LogP contribution is 2.08. The number of rotatable bonds is 3.